The van der Waals surface area contributed by atoms with Crippen molar-refractivity contribution in [1.82, 2.24) is 5.32 Å². The maximum Gasteiger partial charge on any atom is 0.113 e. The number of rotatable bonds is 0. The van der Waals surface area contributed by atoms with E-state index in [0.29, 0.717) is 6.54 Å². The standard InChI is InChI=1S/C6H10FN.ClH/c1-5-2-3-8-4-6(5)7;/h8H,2-4H2,1H3;1H. The molecule has 0 spiro atoms. The van der Waals surface area contributed by atoms with E-state index in [1.165, 1.54) is 0 Å². The number of hydrogen-bond acceptors (Lipinski definition) is 1. The maximum atomic E-state index is 12.4. The lowest BCUT2D eigenvalue weighted by molar-refractivity contribution is 0.525. The van der Waals surface area contributed by atoms with Gasteiger partial charge in [0.05, 0.1) is 0 Å². The highest BCUT2D eigenvalue weighted by Crippen LogP contribution is 2.11. The van der Waals surface area contributed by atoms with Gasteiger partial charge in [-0.05, 0) is 25.5 Å². The van der Waals surface area contributed by atoms with Crippen LogP contribution in [-0.2, 0) is 0 Å². The molecule has 0 fully saturated rings. The minimum atomic E-state index is 0. The first kappa shape index (κ1) is 8.92. The van der Waals surface area contributed by atoms with Crippen molar-refractivity contribution in [2.45, 2.75) is 13.3 Å². The summed E-state index contributed by atoms with van der Waals surface area (Å²) in [6.07, 6.45) is 0.867. The number of halogens is 2. The average molecular weight is 152 g/mol. The molecule has 1 aliphatic heterocycles. The zero-order valence-corrected chi connectivity index (χ0v) is 6.22. The summed E-state index contributed by atoms with van der Waals surface area (Å²) < 4.78 is 12.4. The van der Waals surface area contributed by atoms with Crippen LogP contribution in [0.5, 0.6) is 0 Å². The van der Waals surface area contributed by atoms with Crippen LogP contribution in [0.2, 0.25) is 0 Å². The maximum absolute atomic E-state index is 12.4. The third-order valence-corrected chi connectivity index (χ3v) is 1.42. The van der Waals surface area contributed by atoms with E-state index in [1.54, 1.807) is 0 Å². The Hall–Kier alpha value is -0.0800. The molecule has 1 N–H and O–H groups in total. The monoisotopic (exact) mass is 151 g/mol. The lowest BCUT2D eigenvalue weighted by Gasteiger charge is -2.11. The molecule has 0 aliphatic carbocycles. The van der Waals surface area contributed by atoms with Crippen molar-refractivity contribution in [3.8, 4) is 0 Å². The van der Waals surface area contributed by atoms with Crippen LogP contribution in [0.25, 0.3) is 0 Å². The van der Waals surface area contributed by atoms with Gasteiger partial charge in [0.2, 0.25) is 0 Å². The lowest BCUT2D eigenvalue weighted by atomic mass is 10.1. The molecule has 0 unspecified atom stereocenters. The van der Waals surface area contributed by atoms with Crippen molar-refractivity contribution in [3.63, 3.8) is 0 Å². The quantitative estimate of drug-likeness (QED) is 0.555. The first-order chi connectivity index (χ1) is 3.80. The molecule has 0 radical (unpaired) electrons. The molecular weight excluding hydrogens is 141 g/mol. The summed E-state index contributed by atoms with van der Waals surface area (Å²) in [5.41, 5.74) is 0.906. The fraction of sp³-hybridized carbons (Fsp3) is 0.667. The highest BCUT2D eigenvalue weighted by Gasteiger charge is 2.05. The summed E-state index contributed by atoms with van der Waals surface area (Å²) in [4.78, 5) is 0. The SMILES string of the molecule is CC1=C(F)CNCC1.Cl. The first-order valence-electron chi connectivity index (χ1n) is 2.85. The molecule has 0 saturated heterocycles. The van der Waals surface area contributed by atoms with E-state index in [4.69, 9.17) is 0 Å². The normalized spacial score (nSPS) is 19.3. The number of nitrogens with one attached hydrogen (secondary N) is 1. The van der Waals surface area contributed by atoms with Crippen LogP contribution in [0.15, 0.2) is 11.4 Å². The minimum absolute atomic E-state index is 0. The number of hydrogen-bond donors (Lipinski definition) is 1. The Morgan fingerprint density at radius 2 is 2.22 bits per heavy atom. The molecule has 1 heterocycles. The Morgan fingerprint density at radius 1 is 1.56 bits per heavy atom. The summed E-state index contributed by atoms with van der Waals surface area (Å²) in [5, 5.41) is 2.93. The van der Waals surface area contributed by atoms with Gasteiger partial charge in [-0.2, -0.15) is 0 Å². The second-order valence-corrected chi connectivity index (χ2v) is 2.11. The molecule has 54 valence electrons. The van der Waals surface area contributed by atoms with Gasteiger partial charge < -0.3 is 5.32 Å². The van der Waals surface area contributed by atoms with Crippen molar-refractivity contribution in [2.24, 2.45) is 0 Å². The molecule has 0 bridgehead atoms. The largest absolute Gasteiger partial charge is 0.310 e. The van der Waals surface area contributed by atoms with Crippen molar-refractivity contribution >= 4 is 12.4 Å². The second kappa shape index (κ2) is 3.85. The fourth-order valence-electron chi connectivity index (χ4n) is 0.761. The van der Waals surface area contributed by atoms with Crippen LogP contribution in [0.3, 0.4) is 0 Å². The van der Waals surface area contributed by atoms with E-state index in [1.807, 2.05) is 6.92 Å². The fourth-order valence-corrected chi connectivity index (χ4v) is 0.761. The predicted molar refractivity (Wildman–Crippen MR) is 38.5 cm³/mol. The van der Waals surface area contributed by atoms with E-state index in [0.717, 1.165) is 18.5 Å². The van der Waals surface area contributed by atoms with Gasteiger partial charge in [0.15, 0.2) is 0 Å². The zero-order chi connectivity index (χ0) is 5.98. The molecule has 0 atom stereocenters. The Morgan fingerprint density at radius 3 is 2.56 bits per heavy atom. The molecule has 1 aliphatic rings. The topological polar surface area (TPSA) is 12.0 Å². The molecular formula is C6H11ClFN. The summed E-state index contributed by atoms with van der Waals surface area (Å²) >= 11 is 0. The summed E-state index contributed by atoms with van der Waals surface area (Å²) in [6.45, 7) is 3.21. The minimum Gasteiger partial charge on any atom is -0.310 e. The van der Waals surface area contributed by atoms with Gasteiger partial charge in [0.25, 0.3) is 0 Å². The van der Waals surface area contributed by atoms with Crippen molar-refractivity contribution < 1.29 is 4.39 Å². The molecule has 0 saturated carbocycles. The molecule has 1 nitrogen and oxygen atoms in total. The van der Waals surface area contributed by atoms with Crippen LogP contribution in [0.4, 0.5) is 4.39 Å². The van der Waals surface area contributed by atoms with Gasteiger partial charge in [-0.3, -0.25) is 0 Å². The predicted octanol–water partition coefficient (Wildman–Crippen LogP) is 1.64. The summed E-state index contributed by atoms with van der Waals surface area (Å²) in [5.74, 6) is 0.0243. The molecule has 9 heavy (non-hydrogen) atoms. The molecule has 3 heteroatoms. The summed E-state index contributed by atoms with van der Waals surface area (Å²) in [6, 6.07) is 0. The van der Waals surface area contributed by atoms with Crippen LogP contribution in [-0.4, -0.2) is 13.1 Å². The molecule has 0 amide bonds. The van der Waals surface area contributed by atoms with Gasteiger partial charge in [-0.25, -0.2) is 4.39 Å². The Labute approximate surface area is 60.7 Å². The van der Waals surface area contributed by atoms with Crippen molar-refractivity contribution in [1.29, 1.82) is 0 Å². The van der Waals surface area contributed by atoms with Gasteiger partial charge in [-0.1, -0.05) is 0 Å². The van der Waals surface area contributed by atoms with Gasteiger partial charge in [-0.15, -0.1) is 12.4 Å². The van der Waals surface area contributed by atoms with Gasteiger partial charge in [0, 0.05) is 6.54 Å². The third-order valence-electron chi connectivity index (χ3n) is 1.42. The summed E-state index contributed by atoms with van der Waals surface area (Å²) in [7, 11) is 0. The van der Waals surface area contributed by atoms with E-state index >= 15 is 0 Å². The smallest absolute Gasteiger partial charge is 0.113 e. The second-order valence-electron chi connectivity index (χ2n) is 2.11. The third kappa shape index (κ3) is 2.33. The van der Waals surface area contributed by atoms with Crippen LogP contribution in [0.1, 0.15) is 13.3 Å². The van der Waals surface area contributed by atoms with E-state index < -0.39 is 0 Å². The Balaban J connectivity index is 0.000000640. The highest BCUT2D eigenvalue weighted by molar-refractivity contribution is 5.85. The zero-order valence-electron chi connectivity index (χ0n) is 5.41. The first-order valence-corrected chi connectivity index (χ1v) is 2.85. The molecule has 0 aromatic carbocycles. The van der Waals surface area contributed by atoms with Crippen molar-refractivity contribution in [3.05, 3.63) is 11.4 Å². The van der Waals surface area contributed by atoms with E-state index in [9.17, 15) is 4.39 Å². The van der Waals surface area contributed by atoms with Crippen LogP contribution in [0, 0.1) is 0 Å². The Kier molecular flexibility index (Phi) is 3.82. The van der Waals surface area contributed by atoms with Gasteiger partial charge >= 0.3 is 0 Å². The molecule has 1 rings (SSSR count). The van der Waals surface area contributed by atoms with Gasteiger partial charge in [0.1, 0.15) is 5.83 Å². The van der Waals surface area contributed by atoms with Crippen molar-refractivity contribution in [2.75, 3.05) is 13.1 Å². The van der Waals surface area contributed by atoms with Crippen LogP contribution < -0.4 is 5.32 Å². The van der Waals surface area contributed by atoms with Crippen LogP contribution >= 0.6 is 12.4 Å². The highest BCUT2D eigenvalue weighted by atomic mass is 35.5. The van der Waals surface area contributed by atoms with E-state index in [2.05, 4.69) is 5.32 Å². The molecule has 0 aromatic rings. The molecule has 0 aromatic heterocycles. The Bertz CT molecular complexity index is 108. The lowest BCUT2D eigenvalue weighted by Crippen LogP contribution is -2.22. The average Bonchev–Trinajstić information content (AvgIpc) is 1.77. The van der Waals surface area contributed by atoms with E-state index in [-0.39, 0.29) is 18.2 Å².